The second-order valence-electron chi connectivity index (χ2n) is 4.04. The highest BCUT2D eigenvalue weighted by atomic mass is 16.5. The van der Waals surface area contributed by atoms with E-state index in [-0.39, 0.29) is 5.97 Å². The summed E-state index contributed by atoms with van der Waals surface area (Å²) in [7, 11) is 0. The van der Waals surface area contributed by atoms with Gasteiger partial charge in [0.25, 0.3) is 0 Å². The SMILES string of the molecule is CCOC(=O)c1cccn1CCc1ccccc1. The largest absolute Gasteiger partial charge is 0.461 e. The summed E-state index contributed by atoms with van der Waals surface area (Å²) in [5.74, 6) is -0.254. The molecule has 18 heavy (non-hydrogen) atoms. The zero-order valence-electron chi connectivity index (χ0n) is 10.5. The summed E-state index contributed by atoms with van der Waals surface area (Å²) in [5, 5.41) is 0. The van der Waals surface area contributed by atoms with E-state index in [1.54, 1.807) is 6.07 Å². The molecular formula is C15H17NO2. The Kier molecular flexibility index (Phi) is 4.18. The number of aryl methyl sites for hydroxylation is 2. The van der Waals surface area contributed by atoms with Gasteiger partial charge in [0.1, 0.15) is 5.69 Å². The number of hydrogen-bond donors (Lipinski definition) is 0. The highest BCUT2D eigenvalue weighted by Gasteiger charge is 2.11. The summed E-state index contributed by atoms with van der Waals surface area (Å²) >= 11 is 0. The molecule has 0 radical (unpaired) electrons. The van der Waals surface area contributed by atoms with E-state index in [0.29, 0.717) is 12.3 Å². The number of benzene rings is 1. The van der Waals surface area contributed by atoms with Gasteiger partial charge in [-0.2, -0.15) is 0 Å². The van der Waals surface area contributed by atoms with Crippen LogP contribution in [0.2, 0.25) is 0 Å². The van der Waals surface area contributed by atoms with Gasteiger partial charge in [-0.05, 0) is 31.0 Å². The molecule has 0 bridgehead atoms. The molecule has 0 N–H and O–H groups in total. The van der Waals surface area contributed by atoms with Crippen LogP contribution in [0.15, 0.2) is 48.7 Å². The fourth-order valence-corrected chi connectivity index (χ4v) is 1.89. The van der Waals surface area contributed by atoms with Gasteiger partial charge >= 0.3 is 5.97 Å². The van der Waals surface area contributed by atoms with Crippen LogP contribution in [0.25, 0.3) is 0 Å². The Morgan fingerprint density at radius 2 is 1.94 bits per heavy atom. The van der Waals surface area contributed by atoms with Crippen molar-refractivity contribution < 1.29 is 9.53 Å². The average molecular weight is 243 g/mol. The quantitative estimate of drug-likeness (QED) is 0.756. The van der Waals surface area contributed by atoms with Crippen LogP contribution >= 0.6 is 0 Å². The van der Waals surface area contributed by atoms with Crippen LogP contribution in [0, 0.1) is 0 Å². The van der Waals surface area contributed by atoms with Crippen LogP contribution in [0.5, 0.6) is 0 Å². The molecule has 0 saturated carbocycles. The first-order valence-electron chi connectivity index (χ1n) is 6.17. The molecule has 0 unspecified atom stereocenters. The van der Waals surface area contributed by atoms with Gasteiger partial charge in [-0.3, -0.25) is 0 Å². The van der Waals surface area contributed by atoms with Crippen molar-refractivity contribution in [3.05, 3.63) is 59.9 Å². The first kappa shape index (κ1) is 12.4. The minimum absolute atomic E-state index is 0.254. The summed E-state index contributed by atoms with van der Waals surface area (Å²) in [6.07, 6.45) is 2.82. The normalized spacial score (nSPS) is 10.3. The van der Waals surface area contributed by atoms with Crippen LogP contribution < -0.4 is 0 Å². The van der Waals surface area contributed by atoms with Crippen molar-refractivity contribution in [1.29, 1.82) is 0 Å². The van der Waals surface area contributed by atoms with Crippen molar-refractivity contribution in [3.8, 4) is 0 Å². The Bertz CT molecular complexity index is 502. The van der Waals surface area contributed by atoms with Crippen LogP contribution in [-0.4, -0.2) is 17.1 Å². The molecular weight excluding hydrogens is 226 g/mol. The first-order chi connectivity index (χ1) is 8.81. The lowest BCUT2D eigenvalue weighted by molar-refractivity contribution is 0.0514. The van der Waals surface area contributed by atoms with Crippen LogP contribution in [0.4, 0.5) is 0 Å². The monoisotopic (exact) mass is 243 g/mol. The smallest absolute Gasteiger partial charge is 0.354 e. The zero-order chi connectivity index (χ0) is 12.8. The van der Waals surface area contributed by atoms with E-state index < -0.39 is 0 Å². The number of carbonyl (C=O) groups is 1. The Morgan fingerprint density at radius 1 is 1.17 bits per heavy atom. The van der Waals surface area contributed by atoms with E-state index in [2.05, 4.69) is 12.1 Å². The van der Waals surface area contributed by atoms with Gasteiger partial charge in [-0.15, -0.1) is 0 Å². The molecule has 1 heterocycles. The molecule has 0 spiro atoms. The van der Waals surface area contributed by atoms with Gasteiger partial charge in [0.2, 0.25) is 0 Å². The lowest BCUT2D eigenvalue weighted by atomic mass is 10.1. The molecule has 2 aromatic rings. The van der Waals surface area contributed by atoms with E-state index in [9.17, 15) is 4.79 Å². The molecule has 2 rings (SSSR count). The summed E-state index contributed by atoms with van der Waals surface area (Å²) in [5.41, 5.74) is 1.88. The molecule has 0 fully saturated rings. The lowest BCUT2D eigenvalue weighted by Gasteiger charge is -2.08. The van der Waals surface area contributed by atoms with E-state index in [0.717, 1.165) is 13.0 Å². The summed E-state index contributed by atoms with van der Waals surface area (Å²) in [6.45, 7) is 3.00. The molecule has 0 atom stereocenters. The molecule has 0 saturated heterocycles. The van der Waals surface area contributed by atoms with Crippen molar-refractivity contribution in [3.63, 3.8) is 0 Å². The van der Waals surface area contributed by atoms with Gasteiger partial charge < -0.3 is 9.30 Å². The van der Waals surface area contributed by atoms with Crippen molar-refractivity contribution in [2.24, 2.45) is 0 Å². The topological polar surface area (TPSA) is 31.2 Å². The fraction of sp³-hybridized carbons (Fsp3) is 0.267. The van der Waals surface area contributed by atoms with Crippen LogP contribution in [-0.2, 0) is 17.7 Å². The number of esters is 1. The van der Waals surface area contributed by atoms with Crippen molar-refractivity contribution in [1.82, 2.24) is 4.57 Å². The Balaban J connectivity index is 2.02. The molecule has 1 aromatic heterocycles. The van der Waals surface area contributed by atoms with Gasteiger partial charge in [0, 0.05) is 12.7 Å². The second-order valence-corrected chi connectivity index (χ2v) is 4.04. The number of rotatable bonds is 5. The summed E-state index contributed by atoms with van der Waals surface area (Å²) in [6, 6.07) is 13.9. The van der Waals surface area contributed by atoms with Crippen molar-refractivity contribution >= 4 is 5.97 Å². The molecule has 0 amide bonds. The van der Waals surface area contributed by atoms with Crippen LogP contribution in [0.1, 0.15) is 23.0 Å². The maximum Gasteiger partial charge on any atom is 0.354 e. The standard InChI is InChI=1S/C15H17NO2/c1-2-18-15(17)14-9-6-11-16(14)12-10-13-7-4-3-5-8-13/h3-9,11H,2,10,12H2,1H3. The number of aromatic nitrogens is 1. The number of nitrogens with zero attached hydrogens (tertiary/aromatic N) is 1. The molecule has 0 aliphatic heterocycles. The minimum Gasteiger partial charge on any atom is -0.461 e. The van der Waals surface area contributed by atoms with Crippen LogP contribution in [0.3, 0.4) is 0 Å². The Labute approximate surface area is 107 Å². The number of carbonyl (C=O) groups excluding carboxylic acids is 1. The predicted molar refractivity (Wildman–Crippen MR) is 70.5 cm³/mol. The highest BCUT2D eigenvalue weighted by molar-refractivity contribution is 5.87. The minimum atomic E-state index is -0.254. The summed E-state index contributed by atoms with van der Waals surface area (Å²) < 4.78 is 6.95. The maximum atomic E-state index is 11.7. The third kappa shape index (κ3) is 3.00. The average Bonchev–Trinajstić information content (AvgIpc) is 2.86. The fourth-order valence-electron chi connectivity index (χ4n) is 1.89. The highest BCUT2D eigenvalue weighted by Crippen LogP contribution is 2.07. The lowest BCUT2D eigenvalue weighted by Crippen LogP contribution is -2.12. The second kappa shape index (κ2) is 6.05. The van der Waals surface area contributed by atoms with E-state index in [1.165, 1.54) is 5.56 Å². The van der Waals surface area contributed by atoms with E-state index >= 15 is 0 Å². The number of ether oxygens (including phenoxy) is 1. The molecule has 0 aliphatic rings. The van der Waals surface area contributed by atoms with E-state index in [1.807, 2.05) is 42.0 Å². The molecule has 3 nitrogen and oxygen atoms in total. The Morgan fingerprint density at radius 3 is 2.67 bits per heavy atom. The number of hydrogen-bond acceptors (Lipinski definition) is 2. The van der Waals surface area contributed by atoms with Gasteiger partial charge in [-0.1, -0.05) is 30.3 Å². The molecule has 1 aromatic carbocycles. The van der Waals surface area contributed by atoms with Gasteiger partial charge in [-0.25, -0.2) is 4.79 Å². The van der Waals surface area contributed by atoms with Gasteiger partial charge in [0.15, 0.2) is 0 Å². The third-order valence-electron chi connectivity index (χ3n) is 2.80. The zero-order valence-corrected chi connectivity index (χ0v) is 10.5. The Hall–Kier alpha value is -2.03. The van der Waals surface area contributed by atoms with E-state index in [4.69, 9.17) is 4.74 Å². The molecule has 94 valence electrons. The van der Waals surface area contributed by atoms with Gasteiger partial charge in [0.05, 0.1) is 6.61 Å². The molecule has 3 heteroatoms. The molecule has 0 aliphatic carbocycles. The third-order valence-corrected chi connectivity index (χ3v) is 2.80. The van der Waals surface area contributed by atoms with Crippen molar-refractivity contribution in [2.75, 3.05) is 6.61 Å². The predicted octanol–water partition coefficient (Wildman–Crippen LogP) is 2.91. The first-order valence-corrected chi connectivity index (χ1v) is 6.17. The summed E-state index contributed by atoms with van der Waals surface area (Å²) in [4.78, 5) is 11.7. The maximum absolute atomic E-state index is 11.7. The van der Waals surface area contributed by atoms with Crippen molar-refractivity contribution in [2.45, 2.75) is 19.9 Å².